The van der Waals surface area contributed by atoms with Gasteiger partial charge in [-0.15, -0.1) is 0 Å². The number of anilines is 1. The fourth-order valence-corrected chi connectivity index (χ4v) is 9.93. The van der Waals surface area contributed by atoms with Crippen LogP contribution in [0.5, 0.6) is 11.5 Å². The number of ether oxygens (including phenoxy) is 6. The Bertz CT molecular complexity index is 2880. The third-order valence-electron chi connectivity index (χ3n) is 14.1. The van der Waals surface area contributed by atoms with E-state index in [2.05, 4.69) is 36.0 Å². The number of allylic oxidation sites excluding steroid dienone is 2. The minimum Gasteiger partial charge on any atom is -0.488 e. The van der Waals surface area contributed by atoms with Crippen molar-refractivity contribution < 1.29 is 77.3 Å². The molecule has 76 heavy (non-hydrogen) atoms. The lowest BCUT2D eigenvalue weighted by Gasteiger charge is -2.41. The molecule has 5 aromatic rings. The number of rotatable bonds is 27. The van der Waals surface area contributed by atoms with E-state index < -0.39 is 48.5 Å². The van der Waals surface area contributed by atoms with Crippen molar-refractivity contribution in [3.8, 4) is 34.1 Å². The molecule has 23 heteroatoms. The van der Waals surface area contributed by atoms with Gasteiger partial charge < -0.3 is 64.0 Å². The number of carboxylic acids is 1. The molecule has 0 radical (unpaired) electrons. The summed E-state index contributed by atoms with van der Waals surface area (Å²) in [6.07, 6.45) is -3.96. The fraction of sp³-hybridized carbons (Fsp3) is 0.472. The summed E-state index contributed by atoms with van der Waals surface area (Å²) in [6.45, 7) is 4.88. The third kappa shape index (κ3) is 13.2. The number of likely N-dealkylation sites (tertiary alicyclic amines) is 1. The number of aromatic nitrogens is 5. The van der Waals surface area contributed by atoms with Crippen LogP contribution in [0.15, 0.2) is 78.1 Å². The highest BCUT2D eigenvalue weighted by Gasteiger charge is 2.49. The normalized spacial score (nSPS) is 21.2. The monoisotopic (exact) mass is 1050 g/mol. The lowest BCUT2D eigenvalue weighted by molar-refractivity contribution is -0.945. The summed E-state index contributed by atoms with van der Waals surface area (Å²) in [4.78, 5) is 66.4. The van der Waals surface area contributed by atoms with Crippen molar-refractivity contribution in [2.24, 2.45) is 5.92 Å². The maximum absolute atomic E-state index is 13.5. The molecule has 2 saturated heterocycles. The number of ketones is 2. The second-order valence-electron chi connectivity index (χ2n) is 19.4. The zero-order valence-corrected chi connectivity index (χ0v) is 41.8. The zero-order valence-electron chi connectivity index (χ0n) is 41.8. The quantitative estimate of drug-likeness (QED) is 0.0213. The number of aliphatic hydroxyl groups excluding tert-OH is 3. The highest BCUT2D eigenvalue weighted by atomic mass is 16.7. The Morgan fingerprint density at radius 3 is 2.29 bits per heavy atom. The van der Waals surface area contributed by atoms with Crippen molar-refractivity contribution >= 4 is 45.9 Å². The molecule has 9 rings (SSSR count). The number of fused-ring (bicyclic) bond motifs is 1. The fourth-order valence-electron chi connectivity index (χ4n) is 9.93. The number of H-pyrrole nitrogens is 2. The molecular formula is C53H63N8O15+. The molecule has 23 nitrogen and oxygen atoms in total. The Labute approximate surface area is 436 Å². The van der Waals surface area contributed by atoms with E-state index in [0.717, 1.165) is 65.6 Å². The summed E-state index contributed by atoms with van der Waals surface area (Å²) in [5.41, 5.74) is 5.76. The van der Waals surface area contributed by atoms with Gasteiger partial charge in [0.2, 0.25) is 18.1 Å². The number of hydrogen-bond acceptors (Lipinski definition) is 17. The van der Waals surface area contributed by atoms with Crippen molar-refractivity contribution in [3.63, 3.8) is 0 Å². The first-order chi connectivity index (χ1) is 36.9. The predicted molar refractivity (Wildman–Crippen MR) is 269 cm³/mol. The highest BCUT2D eigenvalue weighted by molar-refractivity contribution is 6.30. The Hall–Kier alpha value is -6.96. The van der Waals surface area contributed by atoms with Crippen molar-refractivity contribution in [2.75, 3.05) is 77.7 Å². The molecule has 2 aliphatic heterocycles. The Kier molecular flexibility index (Phi) is 17.6. The third-order valence-corrected chi connectivity index (χ3v) is 14.1. The molecule has 5 atom stereocenters. The molecular weight excluding hydrogens is 989 g/mol. The first-order valence-corrected chi connectivity index (χ1v) is 25.6. The molecule has 2 aliphatic carbocycles. The summed E-state index contributed by atoms with van der Waals surface area (Å²) in [7, 11) is 0. The van der Waals surface area contributed by atoms with Gasteiger partial charge in [0.1, 0.15) is 61.5 Å². The molecule has 0 saturated carbocycles. The molecule has 3 aromatic carbocycles. The minimum atomic E-state index is -1.93. The van der Waals surface area contributed by atoms with E-state index in [9.17, 15) is 44.4 Å². The molecule has 4 heterocycles. The smallest absolute Gasteiger partial charge is 0.335 e. The number of Topliss-reactive ketones (excluding diaryl/α,β-unsaturated/α-hetero) is 2. The van der Waals surface area contributed by atoms with Crippen molar-refractivity contribution in [2.45, 2.75) is 82.2 Å². The van der Waals surface area contributed by atoms with Crippen molar-refractivity contribution in [1.29, 1.82) is 0 Å². The number of aromatic amines is 2. The van der Waals surface area contributed by atoms with Crippen molar-refractivity contribution in [1.82, 2.24) is 30.7 Å². The average molecular weight is 1050 g/mol. The Morgan fingerprint density at radius 2 is 1.54 bits per heavy atom. The van der Waals surface area contributed by atoms with Crippen LogP contribution in [0.25, 0.3) is 33.5 Å². The van der Waals surface area contributed by atoms with Gasteiger partial charge in [-0.3, -0.25) is 29.4 Å². The summed E-state index contributed by atoms with van der Waals surface area (Å²) >= 11 is 0. The molecule has 2 fully saturated rings. The second kappa shape index (κ2) is 24.8. The van der Waals surface area contributed by atoms with Crippen LogP contribution in [-0.2, 0) is 49.5 Å². The first kappa shape index (κ1) is 53.9. The van der Waals surface area contributed by atoms with E-state index in [1.807, 2.05) is 42.5 Å². The molecule has 0 bridgehead atoms. The molecule has 0 unspecified atom stereocenters. The lowest BCUT2D eigenvalue weighted by Crippen LogP contribution is -2.61. The number of benzene rings is 3. The van der Waals surface area contributed by atoms with E-state index >= 15 is 0 Å². The van der Waals surface area contributed by atoms with Gasteiger partial charge in [-0.1, -0.05) is 12.1 Å². The van der Waals surface area contributed by atoms with Crippen LogP contribution in [0.1, 0.15) is 50.5 Å². The van der Waals surface area contributed by atoms with Gasteiger partial charge >= 0.3 is 5.97 Å². The van der Waals surface area contributed by atoms with Crippen LogP contribution >= 0.6 is 0 Å². The maximum atomic E-state index is 13.5. The second-order valence-corrected chi connectivity index (χ2v) is 19.4. The standard InChI is InChI=1S/C53H62N8O15/c62-42(13-19-72-22-24-73-23-21-71-18-12-35-45(64)36-28-37(36)46(35)65)54-14-11-43(63)57-40-25-31(7-10-41(40)75-53-49(68)47(66)48(67)50(76-53)52(69)70)29-61(15-2-1-3-16-61)17-20-74-34-6-4-5-32(26-34)44-38-27-33(51-55-30-56-60-51)8-9-39(38)58-59-44/h4-10,25-27,30,35,47-50,53,66-68H,1-3,11-24,28-29H2,(H4-,54,55,56,57,58,59,60,62,63,64,65,69,70)/p+1/t47-,48-,49+,50-,53+/m0/s1. The number of amides is 2. The SMILES string of the molecule is O=C(CCOCCOCCOCCC1C(=O)C2=C(C2)C1=O)NCCC(=O)Nc1cc(C[N+]2(CCOc3cccc(-c4n[nH]c5ccc(-c6ncn[nH]6)cc45)c3)CCCCC2)ccc1O[C@@H]1O[C@H](C(=O)O)[C@@H](O)[C@H](O)[C@H]1O. The van der Waals surface area contributed by atoms with Gasteiger partial charge in [-0.2, -0.15) is 10.2 Å². The van der Waals surface area contributed by atoms with Gasteiger partial charge in [0.05, 0.1) is 63.2 Å². The first-order valence-electron chi connectivity index (χ1n) is 25.6. The van der Waals surface area contributed by atoms with Gasteiger partial charge in [-0.25, -0.2) is 9.78 Å². The average Bonchev–Trinajstić information content (AvgIpc) is 3.68. The van der Waals surface area contributed by atoms with E-state index in [0.29, 0.717) is 73.0 Å². The van der Waals surface area contributed by atoms with Crippen LogP contribution in [0.3, 0.4) is 0 Å². The highest BCUT2D eigenvalue weighted by Crippen LogP contribution is 2.44. The molecule has 4 aliphatic rings. The zero-order chi connectivity index (χ0) is 53.2. The van der Waals surface area contributed by atoms with Crippen LogP contribution in [0.4, 0.5) is 5.69 Å². The van der Waals surface area contributed by atoms with Crippen LogP contribution in [0, 0.1) is 5.92 Å². The topological polar surface area (TPSA) is 316 Å². The van der Waals surface area contributed by atoms with Crippen LogP contribution in [0.2, 0.25) is 0 Å². The van der Waals surface area contributed by atoms with Gasteiger partial charge in [-0.05, 0) is 74.2 Å². The summed E-state index contributed by atoms with van der Waals surface area (Å²) in [6, 6.07) is 18.8. The van der Waals surface area contributed by atoms with Crippen LogP contribution < -0.4 is 20.1 Å². The van der Waals surface area contributed by atoms with Crippen LogP contribution in [-0.4, -0.2) is 183 Å². The van der Waals surface area contributed by atoms with Crippen molar-refractivity contribution in [3.05, 3.63) is 83.7 Å². The number of quaternary nitrogens is 1. The summed E-state index contributed by atoms with van der Waals surface area (Å²) in [5.74, 6) is -1.78. The summed E-state index contributed by atoms with van der Waals surface area (Å²) in [5, 5.41) is 62.3. The van der Waals surface area contributed by atoms with Gasteiger partial charge in [0.15, 0.2) is 23.5 Å². The number of nitrogens with one attached hydrogen (secondary N) is 4. The summed E-state index contributed by atoms with van der Waals surface area (Å²) < 4.78 is 35.0. The Morgan fingerprint density at radius 1 is 0.776 bits per heavy atom. The molecule has 0 spiro atoms. The molecule has 404 valence electrons. The number of piperidine rings is 1. The number of hydrogen-bond donors (Lipinski definition) is 8. The van der Waals surface area contributed by atoms with E-state index in [-0.39, 0.29) is 74.7 Å². The number of carboxylic acid groups (broad SMARTS) is 1. The number of aliphatic carboxylic acids is 1. The molecule has 8 N–H and O–H groups in total. The maximum Gasteiger partial charge on any atom is 0.335 e. The lowest BCUT2D eigenvalue weighted by atomic mass is 9.95. The minimum absolute atomic E-state index is 0.00293. The molecule has 2 aromatic heterocycles. The predicted octanol–water partition coefficient (Wildman–Crippen LogP) is 2.61. The largest absolute Gasteiger partial charge is 0.488 e. The molecule has 2 amide bonds. The van der Waals surface area contributed by atoms with Gasteiger partial charge in [0.25, 0.3) is 0 Å². The van der Waals surface area contributed by atoms with E-state index in [1.165, 1.54) is 6.33 Å². The van der Waals surface area contributed by atoms with Gasteiger partial charge in [0, 0.05) is 65.6 Å². The number of carbonyl (C=O) groups excluding carboxylic acids is 4. The number of nitrogens with zero attached hydrogens (tertiary/aromatic N) is 4. The number of carbonyl (C=O) groups is 5. The number of aliphatic hydroxyl groups is 3. The van der Waals surface area contributed by atoms with E-state index in [1.54, 1.807) is 18.2 Å². The Balaban J connectivity index is 0.771. The van der Waals surface area contributed by atoms with E-state index in [4.69, 9.17) is 28.4 Å².